The molecular weight excluding hydrogens is 260 g/mol. The number of rotatable bonds is 6. The predicted molar refractivity (Wildman–Crippen MR) is 82.4 cm³/mol. The summed E-state index contributed by atoms with van der Waals surface area (Å²) in [6.45, 7) is 10.0. The van der Waals surface area contributed by atoms with E-state index in [9.17, 15) is 0 Å². The van der Waals surface area contributed by atoms with Crippen LogP contribution in [0.2, 0.25) is 0 Å². The van der Waals surface area contributed by atoms with Crippen molar-refractivity contribution >= 4 is 23.1 Å². The molecule has 0 unspecified atom stereocenters. The van der Waals surface area contributed by atoms with E-state index < -0.39 is 0 Å². The molecule has 2 rings (SSSR count). The van der Waals surface area contributed by atoms with Gasteiger partial charge >= 0.3 is 0 Å². The Hall–Kier alpha value is -0.0600. The Balaban J connectivity index is 1.93. The Labute approximate surface area is 119 Å². The standard InChI is InChI=1S/C14H24N2S2/c1-5-11-12(8-15-10-6-7-10)18-13(16-11)9-17-14(2,3)4/h10,15H,5-9H2,1-4H3. The summed E-state index contributed by atoms with van der Waals surface area (Å²) >= 11 is 3.88. The lowest BCUT2D eigenvalue weighted by Crippen LogP contribution is -2.15. The van der Waals surface area contributed by atoms with Crippen molar-refractivity contribution in [3.8, 4) is 0 Å². The van der Waals surface area contributed by atoms with Crippen LogP contribution in [-0.2, 0) is 18.7 Å². The van der Waals surface area contributed by atoms with Crippen LogP contribution in [0.1, 0.15) is 56.1 Å². The number of thiazole rings is 1. The average Bonchev–Trinajstić information content (AvgIpc) is 3.03. The van der Waals surface area contributed by atoms with Crippen LogP contribution < -0.4 is 5.32 Å². The highest BCUT2D eigenvalue weighted by Gasteiger charge is 2.21. The molecule has 0 spiro atoms. The zero-order chi connectivity index (χ0) is 13.2. The first-order valence-corrected chi connectivity index (χ1v) is 8.63. The highest BCUT2D eigenvalue weighted by molar-refractivity contribution is 7.99. The number of nitrogens with one attached hydrogen (secondary N) is 1. The molecule has 1 aliphatic rings. The normalized spacial score (nSPS) is 16.2. The SMILES string of the molecule is CCc1nc(CSC(C)(C)C)sc1CNC1CC1. The zero-order valence-electron chi connectivity index (χ0n) is 11.9. The van der Waals surface area contributed by atoms with Gasteiger partial charge in [-0.1, -0.05) is 27.7 Å². The lowest BCUT2D eigenvalue weighted by Gasteiger charge is -2.16. The van der Waals surface area contributed by atoms with Gasteiger partial charge in [-0.2, -0.15) is 0 Å². The highest BCUT2D eigenvalue weighted by Crippen LogP contribution is 2.30. The minimum atomic E-state index is 0.324. The Bertz CT molecular complexity index is 389. The lowest BCUT2D eigenvalue weighted by molar-refractivity contribution is 0.689. The third-order valence-electron chi connectivity index (χ3n) is 2.91. The second-order valence-corrected chi connectivity index (χ2v) is 8.86. The molecule has 0 saturated heterocycles. The van der Waals surface area contributed by atoms with Crippen LogP contribution in [0.3, 0.4) is 0 Å². The quantitative estimate of drug-likeness (QED) is 0.855. The topological polar surface area (TPSA) is 24.9 Å². The van der Waals surface area contributed by atoms with Gasteiger partial charge in [-0.05, 0) is 19.3 Å². The van der Waals surface area contributed by atoms with E-state index >= 15 is 0 Å². The van der Waals surface area contributed by atoms with Crippen molar-refractivity contribution in [3.05, 3.63) is 15.6 Å². The molecule has 18 heavy (non-hydrogen) atoms. The Morgan fingerprint density at radius 1 is 1.39 bits per heavy atom. The van der Waals surface area contributed by atoms with Crippen LogP contribution >= 0.6 is 23.1 Å². The number of hydrogen-bond acceptors (Lipinski definition) is 4. The fourth-order valence-corrected chi connectivity index (χ4v) is 3.65. The van der Waals surface area contributed by atoms with Gasteiger partial charge in [0.25, 0.3) is 0 Å². The summed E-state index contributed by atoms with van der Waals surface area (Å²) in [5.41, 5.74) is 1.30. The van der Waals surface area contributed by atoms with Gasteiger partial charge in [0.15, 0.2) is 0 Å². The van der Waals surface area contributed by atoms with Crippen molar-refractivity contribution in [1.82, 2.24) is 10.3 Å². The first-order chi connectivity index (χ1) is 8.48. The Morgan fingerprint density at radius 2 is 2.11 bits per heavy atom. The molecule has 1 aromatic rings. The third kappa shape index (κ3) is 4.56. The molecule has 1 saturated carbocycles. The molecule has 1 aliphatic carbocycles. The molecule has 0 aliphatic heterocycles. The lowest BCUT2D eigenvalue weighted by atomic mass is 10.3. The molecule has 0 atom stereocenters. The van der Waals surface area contributed by atoms with Crippen molar-refractivity contribution in [3.63, 3.8) is 0 Å². The van der Waals surface area contributed by atoms with Gasteiger partial charge in [-0.15, -0.1) is 23.1 Å². The number of thioether (sulfide) groups is 1. The number of aryl methyl sites for hydroxylation is 1. The van der Waals surface area contributed by atoms with Gasteiger partial charge < -0.3 is 5.32 Å². The van der Waals surface area contributed by atoms with Crippen LogP contribution in [0.5, 0.6) is 0 Å². The summed E-state index contributed by atoms with van der Waals surface area (Å²) in [4.78, 5) is 6.24. The summed E-state index contributed by atoms with van der Waals surface area (Å²) in [5.74, 6) is 1.05. The van der Waals surface area contributed by atoms with E-state index in [-0.39, 0.29) is 0 Å². The molecule has 0 bridgehead atoms. The van der Waals surface area contributed by atoms with Crippen molar-refractivity contribution in [2.75, 3.05) is 0 Å². The molecule has 4 heteroatoms. The van der Waals surface area contributed by atoms with E-state index in [1.54, 1.807) is 0 Å². The third-order valence-corrected chi connectivity index (χ3v) is 5.48. The second kappa shape index (κ2) is 5.93. The van der Waals surface area contributed by atoms with E-state index in [4.69, 9.17) is 4.98 Å². The number of hydrogen-bond donors (Lipinski definition) is 1. The van der Waals surface area contributed by atoms with Crippen LogP contribution in [-0.4, -0.2) is 15.8 Å². The Kier molecular flexibility index (Phi) is 4.73. The van der Waals surface area contributed by atoms with Gasteiger partial charge in [0, 0.05) is 28.0 Å². The highest BCUT2D eigenvalue weighted by atomic mass is 32.2. The molecule has 1 aromatic heterocycles. The first-order valence-electron chi connectivity index (χ1n) is 6.82. The first kappa shape index (κ1) is 14.4. The smallest absolute Gasteiger partial charge is 0.103 e. The van der Waals surface area contributed by atoms with Gasteiger partial charge in [0.2, 0.25) is 0 Å². The predicted octanol–water partition coefficient (Wildman–Crippen LogP) is 3.99. The molecule has 0 aromatic carbocycles. The van der Waals surface area contributed by atoms with Gasteiger partial charge in [-0.25, -0.2) is 4.98 Å². The van der Waals surface area contributed by atoms with Crippen LogP contribution in [0.4, 0.5) is 0 Å². The van der Waals surface area contributed by atoms with Gasteiger partial charge in [-0.3, -0.25) is 0 Å². The summed E-state index contributed by atoms with van der Waals surface area (Å²) in [7, 11) is 0. The van der Waals surface area contributed by atoms with Crippen molar-refractivity contribution < 1.29 is 0 Å². The fourth-order valence-electron chi connectivity index (χ4n) is 1.72. The molecular formula is C14H24N2S2. The van der Waals surface area contributed by atoms with E-state index in [1.807, 2.05) is 23.1 Å². The van der Waals surface area contributed by atoms with Crippen molar-refractivity contribution in [2.24, 2.45) is 0 Å². The summed E-state index contributed by atoms with van der Waals surface area (Å²) < 4.78 is 0.324. The molecule has 102 valence electrons. The van der Waals surface area contributed by atoms with Crippen LogP contribution in [0, 0.1) is 0 Å². The average molecular weight is 284 g/mol. The van der Waals surface area contributed by atoms with E-state index in [0.717, 1.165) is 24.8 Å². The maximum Gasteiger partial charge on any atom is 0.103 e. The summed E-state index contributed by atoms with van der Waals surface area (Å²) in [5, 5.41) is 4.89. The van der Waals surface area contributed by atoms with E-state index in [2.05, 4.69) is 33.0 Å². The zero-order valence-corrected chi connectivity index (χ0v) is 13.5. The minimum absolute atomic E-state index is 0.324. The molecule has 0 radical (unpaired) electrons. The number of nitrogens with zero attached hydrogens (tertiary/aromatic N) is 1. The van der Waals surface area contributed by atoms with Gasteiger partial charge in [0.1, 0.15) is 5.01 Å². The molecule has 2 nitrogen and oxygen atoms in total. The van der Waals surface area contributed by atoms with Crippen LogP contribution in [0.25, 0.3) is 0 Å². The Morgan fingerprint density at radius 3 is 2.67 bits per heavy atom. The summed E-state index contributed by atoms with van der Waals surface area (Å²) in [6, 6.07) is 0.782. The van der Waals surface area contributed by atoms with E-state index in [0.29, 0.717) is 4.75 Å². The van der Waals surface area contributed by atoms with E-state index in [1.165, 1.54) is 28.4 Å². The van der Waals surface area contributed by atoms with Crippen LogP contribution in [0.15, 0.2) is 0 Å². The molecule has 1 fully saturated rings. The van der Waals surface area contributed by atoms with Crippen molar-refractivity contribution in [2.45, 2.75) is 70.0 Å². The summed E-state index contributed by atoms with van der Waals surface area (Å²) in [6.07, 6.45) is 3.76. The second-order valence-electron chi connectivity index (χ2n) is 5.89. The maximum atomic E-state index is 4.79. The number of aromatic nitrogens is 1. The molecule has 1 N–H and O–H groups in total. The minimum Gasteiger partial charge on any atom is -0.309 e. The fraction of sp³-hybridized carbons (Fsp3) is 0.786. The van der Waals surface area contributed by atoms with Crippen molar-refractivity contribution in [1.29, 1.82) is 0 Å². The monoisotopic (exact) mass is 284 g/mol. The van der Waals surface area contributed by atoms with Gasteiger partial charge in [0.05, 0.1) is 5.69 Å². The maximum absolute atomic E-state index is 4.79. The molecule has 1 heterocycles. The largest absolute Gasteiger partial charge is 0.309 e. The molecule has 0 amide bonds.